The number of cyclic esters (lactones) is 1. The van der Waals surface area contributed by atoms with Gasteiger partial charge >= 0.3 is 6.09 Å². The van der Waals surface area contributed by atoms with Crippen molar-refractivity contribution in [1.82, 2.24) is 25.2 Å². The lowest BCUT2D eigenvalue weighted by Gasteiger charge is -2.34. The zero-order valence-corrected chi connectivity index (χ0v) is 35.6. The molecule has 4 bridgehead atoms. The summed E-state index contributed by atoms with van der Waals surface area (Å²) < 4.78 is 46.4. The molecule has 3 aromatic rings. The first kappa shape index (κ1) is 42.3. The first-order valence-corrected chi connectivity index (χ1v) is 23.1. The number of nitrogens with one attached hydrogen (secondary N) is 3. The highest BCUT2D eigenvalue weighted by atomic mass is 32.2. The van der Waals surface area contributed by atoms with Gasteiger partial charge in [0.25, 0.3) is 5.91 Å². The number of benzene rings is 2. The maximum absolute atomic E-state index is 15.0. The lowest BCUT2D eigenvalue weighted by molar-refractivity contribution is -0.142. The van der Waals surface area contributed by atoms with Crippen LogP contribution in [0.15, 0.2) is 67.3 Å². The van der Waals surface area contributed by atoms with Gasteiger partial charge in [0.2, 0.25) is 21.8 Å². The third-order valence-electron chi connectivity index (χ3n) is 12.9. The molecule has 324 valence electrons. The summed E-state index contributed by atoms with van der Waals surface area (Å²) in [4.78, 5) is 63.4. The molecule has 0 radical (unpaired) electrons. The zero-order chi connectivity index (χ0) is 42.9. The monoisotopic (exact) mass is 853 g/mol. The molecule has 1 aromatic heterocycles. The Balaban J connectivity index is 1.19. The summed E-state index contributed by atoms with van der Waals surface area (Å²) in [5.74, 6) is -1.49. The molecule has 1 unspecified atom stereocenters. The number of aromatic nitrogens is 1. The van der Waals surface area contributed by atoms with Gasteiger partial charge in [0, 0.05) is 41.0 Å². The summed E-state index contributed by atoms with van der Waals surface area (Å²) >= 11 is 0. The number of carbonyl (C=O) groups excluding carboxylic acids is 4. The Morgan fingerprint density at radius 3 is 2.52 bits per heavy atom. The van der Waals surface area contributed by atoms with Crippen molar-refractivity contribution in [3.05, 3.63) is 72.8 Å². The second-order valence-electron chi connectivity index (χ2n) is 17.4. The van der Waals surface area contributed by atoms with Gasteiger partial charge in [0.15, 0.2) is 0 Å². The average molecular weight is 854 g/mol. The van der Waals surface area contributed by atoms with Crippen LogP contribution in [0.5, 0.6) is 11.5 Å². The van der Waals surface area contributed by atoms with Crippen molar-refractivity contribution in [3.63, 3.8) is 0 Å². The van der Waals surface area contributed by atoms with Crippen molar-refractivity contribution >= 4 is 50.8 Å². The van der Waals surface area contributed by atoms with Crippen molar-refractivity contribution in [2.45, 2.75) is 107 Å². The number of allylic oxidation sites excluding steroid dienone is 1. The number of fused-ring (bicyclic) bond motifs is 3. The SMILES string of the molecule is C=C[C@@H]1C[C@]1(NC(=O)[C@@H]1C[C@@H]2CN1C(=O)[C@H](C1CCCCC1)NC(=O)OCC(C)CC/C=C/c1cc3c(cc(-c4ccccc4)nc3cc1OC)O2)C(=O)NS(=O)(=O)C1CC1. The summed E-state index contributed by atoms with van der Waals surface area (Å²) in [6.45, 7) is 5.97. The Morgan fingerprint density at radius 1 is 1.05 bits per heavy atom. The molecule has 2 aromatic carbocycles. The number of alkyl carbamates (subject to hydrolysis) is 1. The molecule has 1 saturated heterocycles. The number of methoxy groups -OCH3 is 1. The van der Waals surface area contributed by atoms with Gasteiger partial charge in [-0.1, -0.05) is 74.7 Å². The number of sulfonamides is 1. The number of carbonyl (C=O) groups is 4. The van der Waals surface area contributed by atoms with Crippen molar-refractivity contribution < 1.29 is 41.8 Å². The maximum Gasteiger partial charge on any atom is 0.407 e. The smallest absolute Gasteiger partial charge is 0.407 e. The number of ether oxygens (including phenoxy) is 3. The molecule has 14 nitrogen and oxygen atoms in total. The number of hydrogen-bond donors (Lipinski definition) is 3. The summed E-state index contributed by atoms with van der Waals surface area (Å²) in [7, 11) is -2.31. The molecule has 61 heavy (non-hydrogen) atoms. The number of pyridine rings is 1. The van der Waals surface area contributed by atoms with E-state index in [4.69, 9.17) is 19.2 Å². The van der Waals surface area contributed by atoms with Crippen molar-refractivity contribution in [2.75, 3.05) is 20.3 Å². The lowest BCUT2D eigenvalue weighted by Crippen LogP contribution is -2.59. The van der Waals surface area contributed by atoms with Crippen molar-refractivity contribution in [1.29, 1.82) is 0 Å². The van der Waals surface area contributed by atoms with E-state index in [0.717, 1.165) is 43.2 Å². The Labute approximate surface area is 356 Å². The number of hydrogen-bond acceptors (Lipinski definition) is 10. The highest BCUT2D eigenvalue weighted by molar-refractivity contribution is 7.91. The summed E-state index contributed by atoms with van der Waals surface area (Å²) in [6, 6.07) is 13.3. The predicted molar refractivity (Wildman–Crippen MR) is 230 cm³/mol. The van der Waals surface area contributed by atoms with Gasteiger partial charge in [-0.15, -0.1) is 6.58 Å². The molecule has 0 spiro atoms. The molecule has 3 saturated carbocycles. The van der Waals surface area contributed by atoms with Gasteiger partial charge in [-0.3, -0.25) is 19.1 Å². The fraction of sp³-hybridized carbons (Fsp3) is 0.500. The molecule has 6 atom stereocenters. The number of nitrogens with zero attached hydrogens (tertiary/aromatic N) is 2. The Morgan fingerprint density at radius 2 is 1.82 bits per heavy atom. The van der Waals surface area contributed by atoms with Crippen LogP contribution in [-0.4, -0.2) is 91.4 Å². The van der Waals surface area contributed by atoms with E-state index < -0.39 is 68.7 Å². The summed E-state index contributed by atoms with van der Waals surface area (Å²) in [5.41, 5.74) is 1.38. The minimum Gasteiger partial charge on any atom is -0.496 e. The van der Waals surface area contributed by atoms with Gasteiger partial charge in [0.05, 0.1) is 36.7 Å². The van der Waals surface area contributed by atoms with Gasteiger partial charge in [0.1, 0.15) is 35.2 Å². The highest BCUT2D eigenvalue weighted by Gasteiger charge is 2.62. The van der Waals surface area contributed by atoms with E-state index in [0.29, 0.717) is 53.8 Å². The van der Waals surface area contributed by atoms with E-state index >= 15 is 4.79 Å². The molecule has 4 fully saturated rings. The van der Waals surface area contributed by atoms with Crippen LogP contribution in [0.2, 0.25) is 0 Å². The molecule has 3 heterocycles. The third kappa shape index (κ3) is 9.12. The summed E-state index contributed by atoms with van der Waals surface area (Å²) in [5, 5.41) is 5.84. The standard InChI is InChI=1S/C46H55N5O9S/c1-4-32-25-46(32,44(54)50-61(56,57)34-19-20-34)49-42(52)38-22-33-26-51(38)43(53)41(30-16-9-6-10-17-30)48-45(55)59-27-28(2)13-11-12-18-31-21-35-37(24-39(31)58-3)47-36(23-40(35)60-33)29-14-7-5-8-15-29/h4-5,7-8,12,14-15,18,21,23-24,28,30,32-34,38,41H,1,6,9-11,13,16-17,19-20,22,25-27H2,2-3H3,(H,48,55)(H,49,52)(H,50,54)/b18-12+/t28?,32-,33-,38+,41+,46-/m1/s1. The van der Waals surface area contributed by atoms with E-state index in [-0.39, 0.29) is 37.8 Å². The van der Waals surface area contributed by atoms with E-state index in [1.54, 1.807) is 7.11 Å². The van der Waals surface area contributed by atoms with E-state index in [2.05, 4.69) is 28.0 Å². The lowest BCUT2D eigenvalue weighted by atomic mass is 9.83. The quantitative estimate of drug-likeness (QED) is 0.215. The van der Waals surface area contributed by atoms with Crippen LogP contribution in [0.3, 0.4) is 0 Å². The first-order chi connectivity index (χ1) is 29.4. The molecule has 3 N–H and O–H groups in total. The Hall–Kier alpha value is -5.44. The summed E-state index contributed by atoms with van der Waals surface area (Å²) in [6.07, 6.45) is 10.9. The van der Waals surface area contributed by atoms with Crippen LogP contribution in [0.1, 0.15) is 83.1 Å². The predicted octanol–water partition coefficient (Wildman–Crippen LogP) is 6.05. The highest BCUT2D eigenvalue weighted by Crippen LogP contribution is 2.46. The van der Waals surface area contributed by atoms with Crippen molar-refractivity contribution in [3.8, 4) is 22.8 Å². The second kappa shape index (κ2) is 17.5. The van der Waals surface area contributed by atoms with Crippen LogP contribution in [0, 0.1) is 17.8 Å². The normalized spacial score (nSPS) is 28.0. The third-order valence-corrected chi connectivity index (χ3v) is 14.7. The molecule has 4 amide bonds. The van der Waals surface area contributed by atoms with Gasteiger partial charge < -0.3 is 29.7 Å². The molecular weight excluding hydrogens is 799 g/mol. The Bertz CT molecular complexity index is 2330. The molecule has 15 heteroatoms. The largest absolute Gasteiger partial charge is 0.496 e. The number of amides is 4. The van der Waals surface area contributed by atoms with Crippen LogP contribution in [0.4, 0.5) is 4.79 Å². The van der Waals surface area contributed by atoms with E-state index in [9.17, 15) is 22.8 Å². The molecule has 2 aliphatic heterocycles. The average Bonchev–Trinajstić information content (AvgIpc) is 4.20. The van der Waals surface area contributed by atoms with Crippen molar-refractivity contribution in [2.24, 2.45) is 17.8 Å². The fourth-order valence-corrected chi connectivity index (χ4v) is 10.4. The topological polar surface area (TPSA) is 182 Å². The van der Waals surface area contributed by atoms with E-state index in [1.165, 1.54) is 11.0 Å². The van der Waals surface area contributed by atoms with Crippen LogP contribution in [0.25, 0.3) is 28.2 Å². The maximum atomic E-state index is 15.0. The first-order valence-electron chi connectivity index (χ1n) is 21.5. The molecular formula is C46H55N5O9S. The van der Waals surface area contributed by atoms with Gasteiger partial charge in [-0.2, -0.15) is 0 Å². The van der Waals surface area contributed by atoms with Crippen LogP contribution < -0.4 is 24.8 Å². The zero-order valence-electron chi connectivity index (χ0n) is 34.8. The fourth-order valence-electron chi connectivity index (χ4n) is 9.06. The molecule has 8 rings (SSSR count). The molecule has 5 aliphatic rings. The molecule has 3 aliphatic carbocycles. The minimum atomic E-state index is -3.92. The van der Waals surface area contributed by atoms with Crippen LogP contribution in [-0.2, 0) is 29.1 Å². The van der Waals surface area contributed by atoms with Gasteiger partial charge in [-0.25, -0.2) is 18.2 Å². The number of rotatable bonds is 9. The minimum absolute atomic E-state index is 0.0125. The second-order valence-corrected chi connectivity index (χ2v) is 19.3. The van der Waals surface area contributed by atoms with Crippen LogP contribution >= 0.6 is 0 Å². The van der Waals surface area contributed by atoms with E-state index in [1.807, 2.05) is 61.5 Å². The Kier molecular flexibility index (Phi) is 12.1. The van der Waals surface area contributed by atoms with Gasteiger partial charge in [-0.05, 0) is 62.8 Å².